The van der Waals surface area contributed by atoms with Gasteiger partial charge in [0.2, 0.25) is 0 Å². The van der Waals surface area contributed by atoms with Crippen LogP contribution in [0.1, 0.15) is 25.3 Å². The Kier molecular flexibility index (Phi) is 2.59. The number of aryl methyl sites for hydroxylation is 2. The number of rotatable bonds is 4. The maximum Gasteiger partial charge on any atom is 0.0521 e. The lowest BCUT2D eigenvalue weighted by molar-refractivity contribution is 0.525. The highest BCUT2D eigenvalue weighted by molar-refractivity contribution is 5.04. The van der Waals surface area contributed by atoms with Gasteiger partial charge in [-0.1, -0.05) is 6.92 Å². The molecule has 78 valence electrons. The van der Waals surface area contributed by atoms with Crippen molar-refractivity contribution in [3.8, 4) is 0 Å². The lowest BCUT2D eigenvalue weighted by Gasteiger charge is -2.09. The van der Waals surface area contributed by atoms with Crippen LogP contribution in [0.15, 0.2) is 12.4 Å². The summed E-state index contributed by atoms with van der Waals surface area (Å²) in [4.78, 5) is 0. The van der Waals surface area contributed by atoms with Gasteiger partial charge in [-0.3, -0.25) is 4.68 Å². The van der Waals surface area contributed by atoms with Crippen LogP contribution in [0.2, 0.25) is 0 Å². The molecule has 1 saturated carbocycles. The zero-order chi connectivity index (χ0) is 10.1. The molecule has 3 atom stereocenters. The molecule has 1 fully saturated rings. The second-order valence-corrected chi connectivity index (χ2v) is 4.60. The van der Waals surface area contributed by atoms with Crippen molar-refractivity contribution in [2.75, 3.05) is 0 Å². The summed E-state index contributed by atoms with van der Waals surface area (Å²) in [5.41, 5.74) is 7.40. The first-order valence-electron chi connectivity index (χ1n) is 5.40. The highest BCUT2D eigenvalue weighted by Crippen LogP contribution is 2.40. The Labute approximate surface area is 85.3 Å². The molecule has 0 radical (unpaired) electrons. The Bertz CT molecular complexity index is 305. The molecule has 1 aliphatic carbocycles. The monoisotopic (exact) mass is 193 g/mol. The van der Waals surface area contributed by atoms with E-state index in [-0.39, 0.29) is 0 Å². The smallest absolute Gasteiger partial charge is 0.0521 e. The van der Waals surface area contributed by atoms with Crippen LogP contribution >= 0.6 is 0 Å². The summed E-state index contributed by atoms with van der Waals surface area (Å²) < 4.78 is 1.85. The average molecular weight is 193 g/mol. The van der Waals surface area contributed by atoms with Gasteiger partial charge in [-0.2, -0.15) is 5.10 Å². The van der Waals surface area contributed by atoms with Crippen LogP contribution in [0.25, 0.3) is 0 Å². The summed E-state index contributed by atoms with van der Waals surface area (Å²) in [5.74, 6) is 1.64. The fourth-order valence-corrected chi connectivity index (χ4v) is 2.10. The quantitative estimate of drug-likeness (QED) is 0.784. The summed E-state index contributed by atoms with van der Waals surface area (Å²) >= 11 is 0. The molecule has 1 heterocycles. The molecule has 14 heavy (non-hydrogen) atoms. The van der Waals surface area contributed by atoms with E-state index in [9.17, 15) is 0 Å². The summed E-state index contributed by atoms with van der Waals surface area (Å²) in [5, 5.41) is 4.15. The molecule has 0 spiro atoms. The van der Waals surface area contributed by atoms with E-state index in [4.69, 9.17) is 5.73 Å². The van der Waals surface area contributed by atoms with E-state index in [2.05, 4.69) is 18.2 Å². The predicted octanol–water partition coefficient (Wildman–Crippen LogP) is 1.34. The Morgan fingerprint density at radius 1 is 1.71 bits per heavy atom. The zero-order valence-electron chi connectivity index (χ0n) is 8.98. The maximum absolute atomic E-state index is 6.10. The molecule has 0 saturated heterocycles. The SMILES string of the molecule is CC1CC1C(N)CCc1cnn(C)c1. The van der Waals surface area contributed by atoms with Gasteiger partial charge in [0.05, 0.1) is 6.20 Å². The van der Waals surface area contributed by atoms with E-state index in [0.717, 1.165) is 24.7 Å². The molecule has 0 bridgehead atoms. The number of aromatic nitrogens is 2. The van der Waals surface area contributed by atoms with Crippen molar-refractivity contribution in [3.63, 3.8) is 0 Å². The van der Waals surface area contributed by atoms with E-state index in [1.165, 1.54) is 12.0 Å². The minimum atomic E-state index is 0.394. The largest absolute Gasteiger partial charge is 0.327 e. The topological polar surface area (TPSA) is 43.8 Å². The van der Waals surface area contributed by atoms with E-state index in [0.29, 0.717) is 6.04 Å². The fourth-order valence-electron chi connectivity index (χ4n) is 2.10. The molecule has 0 amide bonds. The molecule has 2 rings (SSSR count). The number of nitrogens with two attached hydrogens (primary N) is 1. The maximum atomic E-state index is 6.10. The molecule has 0 aromatic carbocycles. The molecule has 0 aliphatic heterocycles. The number of hydrogen-bond acceptors (Lipinski definition) is 2. The third-order valence-corrected chi connectivity index (χ3v) is 3.25. The molecule has 1 aromatic heterocycles. The first kappa shape index (κ1) is 9.71. The lowest BCUT2D eigenvalue weighted by Crippen LogP contribution is -2.23. The van der Waals surface area contributed by atoms with Crippen molar-refractivity contribution in [1.29, 1.82) is 0 Å². The molecule has 1 aromatic rings. The van der Waals surface area contributed by atoms with Gasteiger partial charge in [0.15, 0.2) is 0 Å². The van der Waals surface area contributed by atoms with Crippen LogP contribution in [0.5, 0.6) is 0 Å². The van der Waals surface area contributed by atoms with Crippen LogP contribution in [-0.2, 0) is 13.5 Å². The normalized spacial score (nSPS) is 27.6. The van der Waals surface area contributed by atoms with Crippen molar-refractivity contribution in [2.24, 2.45) is 24.6 Å². The van der Waals surface area contributed by atoms with Crippen LogP contribution < -0.4 is 5.73 Å². The number of nitrogens with zero attached hydrogens (tertiary/aromatic N) is 2. The van der Waals surface area contributed by atoms with E-state index in [1.807, 2.05) is 17.9 Å². The molecular weight excluding hydrogens is 174 g/mol. The zero-order valence-corrected chi connectivity index (χ0v) is 8.98. The Balaban J connectivity index is 1.77. The third kappa shape index (κ3) is 2.15. The van der Waals surface area contributed by atoms with Gasteiger partial charge in [0, 0.05) is 19.3 Å². The third-order valence-electron chi connectivity index (χ3n) is 3.25. The standard InChI is InChI=1S/C11H19N3/c1-8-5-10(8)11(12)4-3-9-6-13-14(2)7-9/h6-8,10-11H,3-5,12H2,1-2H3. The van der Waals surface area contributed by atoms with Gasteiger partial charge >= 0.3 is 0 Å². The Hall–Kier alpha value is -0.830. The first-order valence-corrected chi connectivity index (χ1v) is 5.40. The second kappa shape index (κ2) is 3.73. The predicted molar refractivity (Wildman–Crippen MR) is 56.8 cm³/mol. The highest BCUT2D eigenvalue weighted by Gasteiger charge is 2.37. The van der Waals surface area contributed by atoms with Crippen molar-refractivity contribution in [1.82, 2.24) is 9.78 Å². The van der Waals surface area contributed by atoms with Gasteiger partial charge < -0.3 is 5.73 Å². The summed E-state index contributed by atoms with van der Waals surface area (Å²) in [6, 6.07) is 0.394. The van der Waals surface area contributed by atoms with Gasteiger partial charge in [-0.05, 0) is 36.7 Å². The minimum Gasteiger partial charge on any atom is -0.327 e. The Morgan fingerprint density at radius 2 is 2.43 bits per heavy atom. The van der Waals surface area contributed by atoms with Crippen LogP contribution in [0.4, 0.5) is 0 Å². The van der Waals surface area contributed by atoms with Gasteiger partial charge in [0.25, 0.3) is 0 Å². The van der Waals surface area contributed by atoms with Crippen LogP contribution in [0, 0.1) is 11.8 Å². The molecule has 3 unspecified atom stereocenters. The van der Waals surface area contributed by atoms with Gasteiger partial charge in [-0.25, -0.2) is 0 Å². The summed E-state index contributed by atoms with van der Waals surface area (Å²) in [6.45, 7) is 2.29. The van der Waals surface area contributed by atoms with Crippen LogP contribution in [-0.4, -0.2) is 15.8 Å². The Morgan fingerprint density at radius 3 is 2.93 bits per heavy atom. The molecule has 3 nitrogen and oxygen atoms in total. The average Bonchev–Trinajstić information content (AvgIpc) is 2.72. The van der Waals surface area contributed by atoms with E-state index < -0.39 is 0 Å². The van der Waals surface area contributed by atoms with Gasteiger partial charge in [-0.15, -0.1) is 0 Å². The second-order valence-electron chi connectivity index (χ2n) is 4.60. The minimum absolute atomic E-state index is 0.394. The van der Waals surface area contributed by atoms with E-state index in [1.54, 1.807) is 0 Å². The summed E-state index contributed by atoms with van der Waals surface area (Å²) in [7, 11) is 1.95. The van der Waals surface area contributed by atoms with Gasteiger partial charge in [0.1, 0.15) is 0 Å². The molecule has 2 N–H and O–H groups in total. The van der Waals surface area contributed by atoms with Crippen molar-refractivity contribution < 1.29 is 0 Å². The lowest BCUT2D eigenvalue weighted by atomic mass is 10.0. The highest BCUT2D eigenvalue weighted by atomic mass is 15.2. The van der Waals surface area contributed by atoms with Crippen molar-refractivity contribution >= 4 is 0 Å². The first-order chi connectivity index (χ1) is 6.66. The molecule has 1 aliphatic rings. The van der Waals surface area contributed by atoms with Crippen molar-refractivity contribution in [2.45, 2.75) is 32.2 Å². The van der Waals surface area contributed by atoms with Crippen LogP contribution in [0.3, 0.4) is 0 Å². The van der Waals surface area contributed by atoms with E-state index >= 15 is 0 Å². The molecular formula is C11H19N3. The number of hydrogen-bond donors (Lipinski definition) is 1. The summed E-state index contributed by atoms with van der Waals surface area (Å²) in [6.07, 6.45) is 7.50. The van der Waals surface area contributed by atoms with Crippen molar-refractivity contribution in [3.05, 3.63) is 18.0 Å². The molecule has 3 heteroatoms. The fraction of sp³-hybridized carbons (Fsp3) is 0.727.